The van der Waals surface area contributed by atoms with E-state index < -0.39 is 10.0 Å². The molecule has 1 fully saturated rings. The van der Waals surface area contributed by atoms with Crippen molar-refractivity contribution in [3.63, 3.8) is 0 Å². The molecule has 0 aliphatic heterocycles. The number of hydrogen-bond donors (Lipinski definition) is 2. The second-order valence-electron chi connectivity index (χ2n) is 5.61. The van der Waals surface area contributed by atoms with Crippen molar-refractivity contribution in [2.24, 2.45) is 5.41 Å². The first kappa shape index (κ1) is 14.6. The van der Waals surface area contributed by atoms with Gasteiger partial charge in [0.25, 0.3) is 0 Å². The number of rotatable bonds is 4. The van der Waals surface area contributed by atoms with Gasteiger partial charge < -0.3 is 5.73 Å². The van der Waals surface area contributed by atoms with Gasteiger partial charge in [-0.2, -0.15) is 0 Å². The van der Waals surface area contributed by atoms with Crippen LogP contribution in [-0.4, -0.2) is 15.0 Å². The van der Waals surface area contributed by atoms with Gasteiger partial charge in [-0.25, -0.2) is 13.1 Å². The Labute approximate surface area is 119 Å². The van der Waals surface area contributed by atoms with Crippen LogP contribution in [0.2, 0.25) is 5.02 Å². The number of sulfonamides is 1. The van der Waals surface area contributed by atoms with Crippen LogP contribution in [0.3, 0.4) is 0 Å². The predicted octanol–water partition coefficient (Wildman–Crippen LogP) is 2.70. The number of nitrogens with one attached hydrogen (secondary N) is 1. The zero-order valence-electron chi connectivity index (χ0n) is 11.2. The van der Waals surface area contributed by atoms with Gasteiger partial charge in [0, 0.05) is 17.3 Å². The van der Waals surface area contributed by atoms with Crippen LogP contribution in [0.1, 0.15) is 31.7 Å². The number of hydrogen-bond acceptors (Lipinski definition) is 3. The van der Waals surface area contributed by atoms with Crippen molar-refractivity contribution < 1.29 is 8.42 Å². The van der Waals surface area contributed by atoms with Crippen LogP contribution in [-0.2, 0) is 10.0 Å². The van der Waals surface area contributed by atoms with E-state index in [9.17, 15) is 8.42 Å². The maximum absolute atomic E-state index is 12.2. The van der Waals surface area contributed by atoms with Crippen LogP contribution in [0.25, 0.3) is 0 Å². The molecule has 1 aliphatic carbocycles. The topological polar surface area (TPSA) is 72.2 Å². The van der Waals surface area contributed by atoms with Gasteiger partial charge in [-0.1, -0.05) is 24.9 Å². The van der Waals surface area contributed by atoms with Gasteiger partial charge in [-0.3, -0.25) is 0 Å². The Kier molecular flexibility index (Phi) is 3.82. The van der Waals surface area contributed by atoms with Gasteiger partial charge in [0.05, 0.1) is 4.90 Å². The molecule has 106 valence electrons. The molecule has 2 rings (SSSR count). The molecule has 3 N–H and O–H groups in total. The zero-order chi connectivity index (χ0) is 14.3. The first-order valence-corrected chi connectivity index (χ1v) is 8.15. The van der Waals surface area contributed by atoms with E-state index in [1.807, 2.05) is 0 Å². The standard InChI is InChI=1S/C13H19ClN2O2S/c1-9-11(14)6-10(7-12(9)15)19(17,18)16-8-13(2)4-3-5-13/h6-7,16H,3-5,8,15H2,1-2H3. The summed E-state index contributed by atoms with van der Waals surface area (Å²) in [5.41, 5.74) is 6.94. The van der Waals surface area contributed by atoms with Crippen molar-refractivity contribution in [1.82, 2.24) is 4.72 Å². The van der Waals surface area contributed by atoms with E-state index in [2.05, 4.69) is 11.6 Å². The third-order valence-electron chi connectivity index (χ3n) is 3.92. The molecule has 4 nitrogen and oxygen atoms in total. The molecule has 1 saturated carbocycles. The summed E-state index contributed by atoms with van der Waals surface area (Å²) in [7, 11) is -3.55. The Bertz CT molecular complexity index is 572. The van der Waals surface area contributed by atoms with E-state index in [0.29, 0.717) is 22.8 Å². The van der Waals surface area contributed by atoms with Crippen LogP contribution >= 0.6 is 11.6 Å². The highest BCUT2D eigenvalue weighted by Crippen LogP contribution is 2.39. The Morgan fingerprint density at radius 3 is 2.53 bits per heavy atom. The zero-order valence-corrected chi connectivity index (χ0v) is 12.7. The summed E-state index contributed by atoms with van der Waals surface area (Å²) in [6.45, 7) is 4.31. The van der Waals surface area contributed by atoms with Gasteiger partial charge in [0.15, 0.2) is 0 Å². The van der Waals surface area contributed by atoms with Crippen molar-refractivity contribution in [3.05, 3.63) is 22.7 Å². The predicted molar refractivity (Wildman–Crippen MR) is 77.7 cm³/mol. The molecule has 19 heavy (non-hydrogen) atoms. The average molecular weight is 303 g/mol. The van der Waals surface area contributed by atoms with Crippen LogP contribution in [0, 0.1) is 12.3 Å². The van der Waals surface area contributed by atoms with Crippen LogP contribution in [0.4, 0.5) is 5.69 Å². The van der Waals surface area contributed by atoms with Crippen molar-refractivity contribution in [2.45, 2.75) is 38.0 Å². The molecule has 0 saturated heterocycles. The first-order valence-electron chi connectivity index (χ1n) is 6.29. The fourth-order valence-corrected chi connectivity index (χ4v) is 3.69. The summed E-state index contributed by atoms with van der Waals surface area (Å²) in [6.07, 6.45) is 3.29. The maximum atomic E-state index is 12.2. The Balaban J connectivity index is 2.19. The minimum atomic E-state index is -3.55. The lowest BCUT2D eigenvalue weighted by Crippen LogP contribution is -2.39. The Hall–Kier alpha value is -0.780. The SMILES string of the molecule is Cc1c(N)cc(S(=O)(=O)NCC2(C)CCC2)cc1Cl. The van der Waals surface area contributed by atoms with Gasteiger partial charge in [0.2, 0.25) is 10.0 Å². The monoisotopic (exact) mass is 302 g/mol. The summed E-state index contributed by atoms with van der Waals surface area (Å²) in [5, 5.41) is 0.371. The Morgan fingerprint density at radius 1 is 1.42 bits per heavy atom. The highest BCUT2D eigenvalue weighted by molar-refractivity contribution is 7.89. The van der Waals surface area contributed by atoms with Crippen LogP contribution in [0.5, 0.6) is 0 Å². The van der Waals surface area contributed by atoms with Gasteiger partial charge in [-0.05, 0) is 42.9 Å². The van der Waals surface area contributed by atoms with Crippen LogP contribution in [0.15, 0.2) is 17.0 Å². The highest BCUT2D eigenvalue weighted by atomic mass is 35.5. The number of halogens is 1. The molecule has 0 radical (unpaired) electrons. The summed E-state index contributed by atoms with van der Waals surface area (Å²) in [5.74, 6) is 0. The van der Waals surface area contributed by atoms with Crippen molar-refractivity contribution in [2.75, 3.05) is 12.3 Å². The van der Waals surface area contributed by atoms with Crippen molar-refractivity contribution in [1.29, 1.82) is 0 Å². The fourth-order valence-electron chi connectivity index (χ4n) is 2.14. The summed E-state index contributed by atoms with van der Waals surface area (Å²) in [6, 6.07) is 2.89. The molecule has 0 aromatic heterocycles. The summed E-state index contributed by atoms with van der Waals surface area (Å²) in [4.78, 5) is 0.128. The third-order valence-corrected chi connectivity index (χ3v) is 5.69. The molecule has 1 aromatic carbocycles. The lowest BCUT2D eigenvalue weighted by molar-refractivity contribution is 0.166. The Morgan fingerprint density at radius 2 is 2.05 bits per heavy atom. The highest BCUT2D eigenvalue weighted by Gasteiger charge is 2.33. The summed E-state index contributed by atoms with van der Waals surface area (Å²) < 4.78 is 27.1. The number of anilines is 1. The molecule has 0 unspecified atom stereocenters. The van der Waals surface area contributed by atoms with E-state index in [-0.39, 0.29) is 10.3 Å². The summed E-state index contributed by atoms with van der Waals surface area (Å²) >= 11 is 5.98. The molecular formula is C13H19ClN2O2S. The average Bonchev–Trinajstić information content (AvgIpc) is 2.30. The van der Waals surface area contributed by atoms with E-state index in [0.717, 1.165) is 12.8 Å². The first-order chi connectivity index (χ1) is 8.73. The van der Waals surface area contributed by atoms with E-state index in [1.54, 1.807) is 6.92 Å². The second-order valence-corrected chi connectivity index (χ2v) is 7.78. The molecule has 1 aliphatic rings. The quantitative estimate of drug-likeness (QED) is 0.840. The second kappa shape index (κ2) is 4.96. The van der Waals surface area contributed by atoms with Gasteiger partial charge >= 0.3 is 0 Å². The lowest BCUT2D eigenvalue weighted by Gasteiger charge is -2.38. The van der Waals surface area contributed by atoms with Crippen molar-refractivity contribution in [3.8, 4) is 0 Å². The largest absolute Gasteiger partial charge is 0.398 e. The van der Waals surface area contributed by atoms with Crippen molar-refractivity contribution >= 4 is 27.3 Å². The molecule has 0 bridgehead atoms. The lowest BCUT2D eigenvalue weighted by atomic mass is 9.71. The third kappa shape index (κ3) is 3.04. The van der Waals surface area contributed by atoms with E-state index >= 15 is 0 Å². The fraction of sp³-hybridized carbons (Fsp3) is 0.538. The number of benzene rings is 1. The normalized spacial score (nSPS) is 18.1. The minimum absolute atomic E-state index is 0.0904. The van der Waals surface area contributed by atoms with E-state index in [1.165, 1.54) is 18.6 Å². The maximum Gasteiger partial charge on any atom is 0.240 e. The number of nitrogen functional groups attached to an aromatic ring is 1. The molecule has 6 heteroatoms. The molecule has 0 amide bonds. The molecule has 0 spiro atoms. The van der Waals surface area contributed by atoms with Gasteiger partial charge in [0.1, 0.15) is 0 Å². The number of nitrogens with two attached hydrogens (primary N) is 1. The van der Waals surface area contributed by atoms with E-state index in [4.69, 9.17) is 17.3 Å². The minimum Gasteiger partial charge on any atom is -0.398 e. The molecule has 0 heterocycles. The van der Waals surface area contributed by atoms with Gasteiger partial charge in [-0.15, -0.1) is 0 Å². The smallest absolute Gasteiger partial charge is 0.240 e. The molecule has 1 aromatic rings. The molecule has 0 atom stereocenters. The van der Waals surface area contributed by atoms with Crippen LogP contribution < -0.4 is 10.5 Å². The molecular weight excluding hydrogens is 284 g/mol.